The molecule has 0 saturated carbocycles. The van der Waals surface area contributed by atoms with Crippen molar-refractivity contribution < 1.29 is 19.1 Å². The normalized spacial score (nSPS) is 15.1. The summed E-state index contributed by atoms with van der Waals surface area (Å²) in [5.74, 6) is -0.195. The van der Waals surface area contributed by atoms with Crippen molar-refractivity contribution in [2.24, 2.45) is 0 Å². The Labute approximate surface area is 208 Å². The number of benzene rings is 3. The number of hydrogen-bond acceptors (Lipinski definition) is 5. The molecule has 1 aliphatic heterocycles. The highest BCUT2D eigenvalue weighted by molar-refractivity contribution is 9.10. The number of carbonyl (C=O) groups excluding carboxylic acids is 1. The number of halogens is 2. The second-order valence-electron chi connectivity index (χ2n) is 8.00. The van der Waals surface area contributed by atoms with E-state index in [2.05, 4.69) is 15.9 Å². The van der Waals surface area contributed by atoms with Gasteiger partial charge in [0, 0.05) is 11.6 Å². The fraction of sp³-hybridized carbons (Fsp3) is 0.154. The molecule has 172 valence electrons. The third-order valence-electron chi connectivity index (χ3n) is 6.00. The highest BCUT2D eigenvalue weighted by Crippen LogP contribution is 2.43. The first-order chi connectivity index (χ1) is 16.4. The molecule has 1 N–H and O–H groups in total. The molecule has 34 heavy (non-hydrogen) atoms. The number of ether oxygens (including phenoxy) is 1. The van der Waals surface area contributed by atoms with Gasteiger partial charge in [0.25, 0.3) is 5.91 Å². The van der Waals surface area contributed by atoms with Crippen LogP contribution in [0.1, 0.15) is 33.3 Å². The minimum absolute atomic E-state index is 0.0149. The van der Waals surface area contributed by atoms with Crippen LogP contribution in [0.15, 0.2) is 74.3 Å². The lowest BCUT2D eigenvalue weighted by atomic mass is 9.97. The van der Waals surface area contributed by atoms with Crippen LogP contribution >= 0.6 is 27.5 Å². The number of nitrogens with zero attached hydrogens (tertiary/aromatic N) is 1. The standard InChI is InChI=1S/C26H19BrClNO5/c1-33-20-12-15(11-18(27)24(20)31)22-21-23(30)17-13-16(28)7-8-19(17)34-25(21)26(32)29(22)10-9-14-5-3-2-4-6-14/h2-8,11-13,22,31H,9-10H2,1H3. The van der Waals surface area contributed by atoms with E-state index >= 15 is 0 Å². The van der Waals surface area contributed by atoms with Crippen molar-refractivity contribution in [2.75, 3.05) is 13.7 Å². The number of amides is 1. The topological polar surface area (TPSA) is 80.0 Å². The molecule has 1 aromatic heterocycles. The van der Waals surface area contributed by atoms with Gasteiger partial charge in [0.05, 0.1) is 28.6 Å². The van der Waals surface area contributed by atoms with E-state index in [1.54, 1.807) is 35.2 Å². The van der Waals surface area contributed by atoms with Gasteiger partial charge in [-0.05, 0) is 63.8 Å². The van der Waals surface area contributed by atoms with Crippen LogP contribution in [0.2, 0.25) is 5.02 Å². The molecule has 0 bridgehead atoms. The maximum absolute atomic E-state index is 13.6. The van der Waals surface area contributed by atoms with Crippen LogP contribution in [0.25, 0.3) is 11.0 Å². The smallest absolute Gasteiger partial charge is 0.290 e. The van der Waals surface area contributed by atoms with Gasteiger partial charge in [0.2, 0.25) is 5.76 Å². The van der Waals surface area contributed by atoms with Crippen molar-refractivity contribution in [1.82, 2.24) is 4.90 Å². The second-order valence-corrected chi connectivity index (χ2v) is 9.30. The average molecular weight is 541 g/mol. The van der Waals surface area contributed by atoms with E-state index in [1.165, 1.54) is 7.11 Å². The zero-order valence-corrected chi connectivity index (χ0v) is 20.4. The summed E-state index contributed by atoms with van der Waals surface area (Å²) in [4.78, 5) is 28.8. The molecule has 3 aromatic carbocycles. The van der Waals surface area contributed by atoms with Gasteiger partial charge >= 0.3 is 0 Å². The third kappa shape index (κ3) is 3.75. The van der Waals surface area contributed by atoms with Gasteiger partial charge in [-0.1, -0.05) is 41.9 Å². The fourth-order valence-electron chi connectivity index (χ4n) is 4.37. The minimum atomic E-state index is -0.725. The fourth-order valence-corrected chi connectivity index (χ4v) is 5.00. The molecular formula is C26H19BrClNO5. The summed E-state index contributed by atoms with van der Waals surface area (Å²) < 4.78 is 11.7. The molecule has 4 aromatic rings. The molecule has 5 rings (SSSR count). The van der Waals surface area contributed by atoms with Gasteiger partial charge in [0.1, 0.15) is 5.58 Å². The maximum Gasteiger partial charge on any atom is 0.290 e. The third-order valence-corrected chi connectivity index (χ3v) is 6.84. The highest BCUT2D eigenvalue weighted by Gasteiger charge is 2.43. The predicted octanol–water partition coefficient (Wildman–Crippen LogP) is 5.71. The maximum atomic E-state index is 13.6. The van der Waals surface area contributed by atoms with Crippen molar-refractivity contribution >= 4 is 44.4 Å². The Kier molecular flexibility index (Phi) is 5.83. The van der Waals surface area contributed by atoms with Crippen molar-refractivity contribution in [3.05, 3.63) is 103 Å². The molecule has 2 heterocycles. The molecular weight excluding hydrogens is 522 g/mol. The molecule has 0 saturated heterocycles. The Balaban J connectivity index is 1.70. The van der Waals surface area contributed by atoms with Gasteiger partial charge in [-0.3, -0.25) is 9.59 Å². The Bertz CT molecular complexity index is 1480. The van der Waals surface area contributed by atoms with Crippen LogP contribution in [0.4, 0.5) is 0 Å². The number of fused-ring (bicyclic) bond motifs is 2. The molecule has 0 aliphatic carbocycles. The van der Waals surface area contributed by atoms with E-state index in [9.17, 15) is 14.7 Å². The number of phenols is 1. The minimum Gasteiger partial charge on any atom is -0.503 e. The number of phenolic OH excluding ortho intramolecular Hbond substituents is 1. The van der Waals surface area contributed by atoms with E-state index in [0.717, 1.165) is 5.56 Å². The number of aromatic hydroxyl groups is 1. The highest BCUT2D eigenvalue weighted by atomic mass is 79.9. The van der Waals surface area contributed by atoms with Crippen LogP contribution in [0.3, 0.4) is 0 Å². The molecule has 0 radical (unpaired) electrons. The van der Waals surface area contributed by atoms with E-state index in [1.807, 2.05) is 30.3 Å². The summed E-state index contributed by atoms with van der Waals surface area (Å²) in [6.07, 6.45) is 0.590. The zero-order chi connectivity index (χ0) is 24.0. The first kappa shape index (κ1) is 22.5. The van der Waals surface area contributed by atoms with E-state index in [4.69, 9.17) is 20.8 Å². The molecule has 8 heteroatoms. The van der Waals surface area contributed by atoms with Gasteiger partial charge in [-0.15, -0.1) is 0 Å². The Hall–Kier alpha value is -3.29. The van der Waals surface area contributed by atoms with Crippen LogP contribution in [0, 0.1) is 0 Å². The number of rotatable bonds is 5. The van der Waals surface area contributed by atoms with Crippen LogP contribution in [-0.2, 0) is 6.42 Å². The average Bonchev–Trinajstić information content (AvgIpc) is 3.12. The quantitative estimate of drug-likeness (QED) is 0.351. The predicted molar refractivity (Wildman–Crippen MR) is 133 cm³/mol. The molecule has 0 spiro atoms. The van der Waals surface area contributed by atoms with Crippen LogP contribution in [0.5, 0.6) is 11.5 Å². The monoisotopic (exact) mass is 539 g/mol. The second kappa shape index (κ2) is 8.81. The van der Waals surface area contributed by atoms with E-state index < -0.39 is 6.04 Å². The van der Waals surface area contributed by atoms with Crippen molar-refractivity contribution in [2.45, 2.75) is 12.5 Å². The molecule has 1 atom stereocenters. The van der Waals surface area contributed by atoms with Crippen molar-refractivity contribution in [3.8, 4) is 11.5 Å². The molecule has 0 fully saturated rings. The first-order valence-electron chi connectivity index (χ1n) is 10.6. The van der Waals surface area contributed by atoms with E-state index in [0.29, 0.717) is 39.0 Å². The summed E-state index contributed by atoms with van der Waals surface area (Å²) in [5, 5.41) is 11.0. The summed E-state index contributed by atoms with van der Waals surface area (Å²) >= 11 is 9.49. The van der Waals surface area contributed by atoms with Crippen molar-refractivity contribution in [1.29, 1.82) is 0 Å². The van der Waals surface area contributed by atoms with Crippen LogP contribution in [-0.4, -0.2) is 29.6 Å². The molecule has 6 nitrogen and oxygen atoms in total. The van der Waals surface area contributed by atoms with Crippen molar-refractivity contribution in [3.63, 3.8) is 0 Å². The first-order valence-corrected chi connectivity index (χ1v) is 11.7. The number of carbonyl (C=O) groups is 1. The Morgan fingerprint density at radius 1 is 1.12 bits per heavy atom. The van der Waals surface area contributed by atoms with E-state index in [-0.39, 0.29) is 34.2 Å². The van der Waals surface area contributed by atoms with Gasteiger partial charge in [0.15, 0.2) is 16.9 Å². The summed E-state index contributed by atoms with van der Waals surface area (Å²) in [6.45, 7) is 0.356. The molecule has 1 amide bonds. The lowest BCUT2D eigenvalue weighted by Crippen LogP contribution is -2.31. The number of hydrogen-bond donors (Lipinski definition) is 1. The zero-order valence-electron chi connectivity index (χ0n) is 18.0. The molecule has 1 unspecified atom stereocenters. The SMILES string of the molecule is COc1cc(C2c3c(oc4ccc(Cl)cc4c3=O)C(=O)N2CCc2ccccc2)cc(Br)c1O. The van der Waals surface area contributed by atoms with Gasteiger partial charge in [-0.25, -0.2) is 0 Å². The Morgan fingerprint density at radius 3 is 2.62 bits per heavy atom. The lowest BCUT2D eigenvalue weighted by molar-refractivity contribution is 0.0730. The molecule has 1 aliphatic rings. The summed E-state index contributed by atoms with van der Waals surface area (Å²) in [7, 11) is 1.44. The number of methoxy groups -OCH3 is 1. The van der Waals surface area contributed by atoms with Crippen LogP contribution < -0.4 is 10.2 Å². The van der Waals surface area contributed by atoms with Gasteiger partial charge < -0.3 is 19.2 Å². The summed E-state index contributed by atoms with van der Waals surface area (Å²) in [5.41, 5.74) is 1.89. The summed E-state index contributed by atoms with van der Waals surface area (Å²) in [6, 6.07) is 17.1. The Morgan fingerprint density at radius 2 is 1.88 bits per heavy atom. The lowest BCUT2D eigenvalue weighted by Gasteiger charge is -2.26. The van der Waals surface area contributed by atoms with Gasteiger partial charge in [-0.2, -0.15) is 0 Å². The largest absolute Gasteiger partial charge is 0.503 e.